The number of fused-ring (bicyclic) bond motifs is 5. The summed E-state index contributed by atoms with van der Waals surface area (Å²) in [5, 5.41) is 66.9. The zero-order chi connectivity index (χ0) is 28.1. The second-order valence-electron chi connectivity index (χ2n) is 13.8. The minimum Gasteiger partial charge on any atom is -0.458 e. The monoisotopic (exact) mass is 552 g/mol. The summed E-state index contributed by atoms with van der Waals surface area (Å²) in [5.74, 6) is -0.893. The number of aliphatic hydroxyl groups is 6. The van der Waals surface area contributed by atoms with Crippen LogP contribution in [0.15, 0.2) is 11.6 Å². The van der Waals surface area contributed by atoms with Crippen molar-refractivity contribution in [1.29, 1.82) is 0 Å². The van der Waals surface area contributed by atoms with E-state index in [1.54, 1.807) is 13.0 Å². The van der Waals surface area contributed by atoms with Gasteiger partial charge in [-0.25, -0.2) is 4.79 Å². The Bertz CT molecular complexity index is 1030. The van der Waals surface area contributed by atoms with E-state index < -0.39 is 64.9 Å². The summed E-state index contributed by atoms with van der Waals surface area (Å²) in [4.78, 5) is 11.8. The summed E-state index contributed by atoms with van der Waals surface area (Å²) in [6.07, 6.45) is -1.39. The predicted molar refractivity (Wildman–Crippen MR) is 136 cm³/mol. The van der Waals surface area contributed by atoms with E-state index in [1.165, 1.54) is 0 Å². The molecule has 10 heteroatoms. The lowest BCUT2D eigenvalue weighted by Crippen LogP contribution is -2.71. The summed E-state index contributed by atoms with van der Waals surface area (Å²) in [6, 6.07) is 0. The fourth-order valence-corrected chi connectivity index (χ4v) is 9.89. The van der Waals surface area contributed by atoms with Crippen LogP contribution in [-0.4, -0.2) is 97.3 Å². The molecular formula is C29H44O10. The molecule has 0 amide bonds. The standard InChI is InChI=1S/C29H44O10/c1-14-22(32)23(33)24(34)25(38-14)39-16-4-7-26(2)21-18(5-8-28(26,35)11-16)29(36)9-6-17(15-10-20(31)37-13-15)27(29,3)12-19(21)30/h10,14,16-19,21-25,30,32-36H,4-9,11-13H2,1-3H3/t14-,16+,17-,18-,19-,21-,22-,23-,24-,25+,26-,27-,28+,29+/m1/s1. The quantitative estimate of drug-likeness (QED) is 0.215. The van der Waals surface area contributed by atoms with Crippen LogP contribution in [0, 0.1) is 28.6 Å². The minimum absolute atomic E-state index is 0.0412. The van der Waals surface area contributed by atoms with Crippen molar-refractivity contribution in [3.05, 3.63) is 11.6 Å². The molecule has 39 heavy (non-hydrogen) atoms. The molecule has 14 atom stereocenters. The molecule has 0 unspecified atom stereocenters. The Hall–Kier alpha value is -1.11. The molecule has 4 aliphatic carbocycles. The zero-order valence-electron chi connectivity index (χ0n) is 23.0. The van der Waals surface area contributed by atoms with E-state index in [0.717, 1.165) is 12.0 Å². The molecule has 4 saturated carbocycles. The molecule has 0 bridgehead atoms. The molecule has 0 spiro atoms. The average molecular weight is 553 g/mol. The highest BCUT2D eigenvalue weighted by molar-refractivity contribution is 5.85. The number of carbonyl (C=O) groups is 1. The molecule has 1 saturated heterocycles. The highest BCUT2D eigenvalue weighted by Gasteiger charge is 2.72. The third-order valence-electron chi connectivity index (χ3n) is 12.2. The summed E-state index contributed by atoms with van der Waals surface area (Å²) in [7, 11) is 0. The Kier molecular flexibility index (Phi) is 6.61. The summed E-state index contributed by atoms with van der Waals surface area (Å²) >= 11 is 0. The van der Waals surface area contributed by atoms with Crippen molar-refractivity contribution in [3.63, 3.8) is 0 Å². The smallest absolute Gasteiger partial charge is 0.331 e. The van der Waals surface area contributed by atoms with E-state index in [0.29, 0.717) is 38.5 Å². The van der Waals surface area contributed by atoms with Crippen LogP contribution in [0.3, 0.4) is 0 Å². The highest BCUT2D eigenvalue weighted by atomic mass is 16.7. The zero-order valence-corrected chi connectivity index (χ0v) is 23.0. The lowest BCUT2D eigenvalue weighted by molar-refractivity contribution is -0.323. The average Bonchev–Trinajstić information content (AvgIpc) is 3.41. The van der Waals surface area contributed by atoms with E-state index in [-0.39, 0.29) is 36.8 Å². The Morgan fingerprint density at radius 2 is 1.67 bits per heavy atom. The Labute approximate surface area is 229 Å². The lowest BCUT2D eigenvalue weighted by Gasteiger charge is -2.67. The van der Waals surface area contributed by atoms with Gasteiger partial charge in [0.15, 0.2) is 6.29 Å². The number of rotatable bonds is 3. The maximum atomic E-state index is 12.4. The topological polar surface area (TPSA) is 166 Å². The largest absolute Gasteiger partial charge is 0.458 e. The summed E-state index contributed by atoms with van der Waals surface area (Å²) in [5.41, 5.74) is -2.54. The van der Waals surface area contributed by atoms with Gasteiger partial charge in [0.2, 0.25) is 0 Å². The van der Waals surface area contributed by atoms with Gasteiger partial charge >= 0.3 is 5.97 Å². The van der Waals surface area contributed by atoms with E-state index in [2.05, 4.69) is 0 Å². The van der Waals surface area contributed by atoms with Crippen molar-refractivity contribution in [1.82, 2.24) is 0 Å². The first-order chi connectivity index (χ1) is 18.2. The van der Waals surface area contributed by atoms with Gasteiger partial charge in [-0.3, -0.25) is 0 Å². The third-order valence-corrected chi connectivity index (χ3v) is 12.2. The molecule has 2 aliphatic heterocycles. The van der Waals surface area contributed by atoms with E-state index >= 15 is 0 Å². The van der Waals surface area contributed by atoms with Gasteiger partial charge in [-0.1, -0.05) is 13.8 Å². The molecule has 6 aliphatic rings. The number of hydrogen-bond donors (Lipinski definition) is 6. The van der Waals surface area contributed by atoms with Crippen molar-refractivity contribution in [2.75, 3.05) is 6.61 Å². The Balaban J connectivity index is 1.22. The first kappa shape index (κ1) is 28.0. The maximum absolute atomic E-state index is 12.4. The second-order valence-corrected chi connectivity index (χ2v) is 13.8. The van der Waals surface area contributed by atoms with E-state index in [1.807, 2.05) is 13.8 Å². The van der Waals surface area contributed by atoms with Gasteiger partial charge < -0.3 is 44.8 Å². The van der Waals surface area contributed by atoms with Crippen LogP contribution in [-0.2, 0) is 19.0 Å². The van der Waals surface area contributed by atoms with Gasteiger partial charge in [0.25, 0.3) is 0 Å². The van der Waals surface area contributed by atoms with Gasteiger partial charge in [0, 0.05) is 23.3 Å². The van der Waals surface area contributed by atoms with Crippen molar-refractivity contribution in [3.8, 4) is 0 Å². The number of cyclic esters (lactones) is 1. The summed E-state index contributed by atoms with van der Waals surface area (Å²) < 4.78 is 16.9. The first-order valence-corrected chi connectivity index (χ1v) is 14.6. The minimum atomic E-state index is -1.41. The normalized spacial score (nSPS) is 57.3. The molecule has 6 rings (SSSR count). The van der Waals surface area contributed by atoms with Crippen LogP contribution in [0.25, 0.3) is 0 Å². The number of aliphatic hydroxyl groups excluding tert-OH is 4. The van der Waals surface area contributed by atoms with Gasteiger partial charge in [0.05, 0.1) is 29.5 Å². The van der Waals surface area contributed by atoms with E-state index in [9.17, 15) is 35.4 Å². The van der Waals surface area contributed by atoms with Gasteiger partial charge in [-0.2, -0.15) is 0 Å². The van der Waals surface area contributed by atoms with Crippen molar-refractivity contribution < 1.29 is 49.6 Å². The summed E-state index contributed by atoms with van der Waals surface area (Å²) in [6.45, 7) is 5.92. The van der Waals surface area contributed by atoms with Gasteiger partial charge in [-0.15, -0.1) is 0 Å². The SMILES string of the molecule is C[C@H]1O[C@@H](O[C@H]2CC[C@]3(C)[C@H]4[C@H](O)C[C@]5(C)[C@@H](C6=CC(=O)OC6)CC[C@]5(O)[C@@H]4CC[C@]3(O)C2)[C@H](O)[C@H](O)[C@@H]1O. The molecule has 0 radical (unpaired) electrons. The predicted octanol–water partition coefficient (Wildman–Crippen LogP) is 0.542. The third kappa shape index (κ3) is 3.86. The second kappa shape index (κ2) is 9.19. The number of hydrogen-bond acceptors (Lipinski definition) is 10. The van der Waals surface area contributed by atoms with Crippen LogP contribution in [0.1, 0.15) is 72.1 Å². The van der Waals surface area contributed by atoms with Crippen LogP contribution in [0.4, 0.5) is 0 Å². The molecule has 5 fully saturated rings. The maximum Gasteiger partial charge on any atom is 0.331 e. The van der Waals surface area contributed by atoms with Gasteiger partial charge in [0.1, 0.15) is 24.9 Å². The van der Waals surface area contributed by atoms with Crippen LogP contribution in [0.5, 0.6) is 0 Å². The molecule has 0 aromatic carbocycles. The van der Waals surface area contributed by atoms with Crippen LogP contribution < -0.4 is 0 Å². The molecular weight excluding hydrogens is 508 g/mol. The number of ether oxygens (including phenoxy) is 3. The Morgan fingerprint density at radius 3 is 2.36 bits per heavy atom. The lowest BCUT2D eigenvalue weighted by atomic mass is 9.41. The molecule has 0 aromatic heterocycles. The van der Waals surface area contributed by atoms with Crippen LogP contribution in [0.2, 0.25) is 0 Å². The fourth-order valence-electron chi connectivity index (χ4n) is 9.89. The number of carbonyl (C=O) groups excluding carboxylic acids is 1. The molecule has 220 valence electrons. The fraction of sp³-hybridized carbons (Fsp3) is 0.897. The van der Waals surface area contributed by atoms with Crippen molar-refractivity contribution >= 4 is 5.97 Å². The molecule has 6 N–H and O–H groups in total. The van der Waals surface area contributed by atoms with Crippen molar-refractivity contribution in [2.24, 2.45) is 28.6 Å². The molecule has 0 aromatic rings. The first-order valence-electron chi connectivity index (χ1n) is 14.6. The van der Waals surface area contributed by atoms with E-state index in [4.69, 9.17) is 14.2 Å². The highest BCUT2D eigenvalue weighted by Crippen LogP contribution is 2.70. The van der Waals surface area contributed by atoms with Crippen molar-refractivity contribution in [2.45, 2.75) is 126 Å². The van der Waals surface area contributed by atoms with Gasteiger partial charge in [-0.05, 0) is 75.2 Å². The Morgan fingerprint density at radius 1 is 0.923 bits per heavy atom. The molecule has 2 heterocycles. The molecule has 10 nitrogen and oxygen atoms in total. The van der Waals surface area contributed by atoms with Crippen LogP contribution >= 0.6 is 0 Å². The number of esters is 1.